The topological polar surface area (TPSA) is 37.7 Å². The summed E-state index contributed by atoms with van der Waals surface area (Å²) in [7, 11) is 1.69. The zero-order valence-corrected chi connectivity index (χ0v) is 21.1. The van der Waals surface area contributed by atoms with Crippen LogP contribution in [0.5, 0.6) is 5.75 Å². The van der Waals surface area contributed by atoms with Crippen LogP contribution in [0.25, 0.3) is 22.2 Å². The van der Waals surface area contributed by atoms with E-state index in [4.69, 9.17) is 27.9 Å². The first kappa shape index (κ1) is 23.6. The first-order chi connectivity index (χ1) is 17.0. The molecule has 1 aliphatic rings. The highest BCUT2D eigenvalue weighted by atomic mass is 35.5. The summed E-state index contributed by atoms with van der Waals surface area (Å²) in [4.78, 5) is 17.4. The lowest BCUT2D eigenvalue weighted by Gasteiger charge is -2.36. The smallest absolute Gasteiger partial charge is 0.224 e. The molecule has 1 saturated heterocycles. The maximum absolute atomic E-state index is 13.2. The Labute approximate surface area is 215 Å². The molecule has 0 saturated carbocycles. The number of fused-ring (bicyclic) bond motifs is 1. The molecule has 5 nitrogen and oxygen atoms in total. The maximum Gasteiger partial charge on any atom is 0.224 e. The third-order valence-electron chi connectivity index (χ3n) is 6.61. The lowest BCUT2D eigenvalue weighted by atomic mass is 10.1. The summed E-state index contributed by atoms with van der Waals surface area (Å²) in [6, 6.07) is 23.8. The van der Waals surface area contributed by atoms with Crippen LogP contribution >= 0.6 is 23.2 Å². The number of aryl methyl sites for hydroxylation is 1. The number of aromatic nitrogens is 1. The third kappa shape index (κ3) is 4.97. The zero-order valence-electron chi connectivity index (χ0n) is 19.6. The van der Waals surface area contributed by atoms with Gasteiger partial charge < -0.3 is 19.1 Å². The normalized spacial score (nSPS) is 13.9. The second-order valence-corrected chi connectivity index (χ2v) is 9.55. The fourth-order valence-electron chi connectivity index (χ4n) is 4.80. The van der Waals surface area contributed by atoms with Crippen molar-refractivity contribution >= 4 is 45.7 Å². The van der Waals surface area contributed by atoms with Crippen LogP contribution in [0.3, 0.4) is 0 Å². The first-order valence-electron chi connectivity index (χ1n) is 11.7. The van der Waals surface area contributed by atoms with Crippen molar-refractivity contribution in [3.63, 3.8) is 0 Å². The van der Waals surface area contributed by atoms with Crippen LogP contribution in [-0.4, -0.2) is 48.7 Å². The predicted molar refractivity (Wildman–Crippen MR) is 144 cm³/mol. The van der Waals surface area contributed by atoms with Gasteiger partial charge in [-0.2, -0.15) is 0 Å². The van der Waals surface area contributed by atoms with E-state index in [-0.39, 0.29) is 5.91 Å². The van der Waals surface area contributed by atoms with E-state index >= 15 is 0 Å². The maximum atomic E-state index is 13.2. The highest BCUT2D eigenvalue weighted by Crippen LogP contribution is 2.32. The lowest BCUT2D eigenvalue weighted by molar-refractivity contribution is -0.131. The van der Waals surface area contributed by atoms with Gasteiger partial charge in [0.05, 0.1) is 12.8 Å². The second-order valence-electron chi connectivity index (χ2n) is 8.68. The standard InChI is InChI=1S/C28H27Cl2N3O2/c1-35-27-5-3-2-4-25(27)31-14-16-32(17-15-31)28(34)12-13-33-24-11-10-23(30)18-21(24)19-26(33)20-6-8-22(29)9-7-20/h2-11,18-19H,12-17H2,1H3. The highest BCUT2D eigenvalue weighted by molar-refractivity contribution is 6.31. The summed E-state index contributed by atoms with van der Waals surface area (Å²) in [6.45, 7) is 3.56. The number of hydrogen-bond donors (Lipinski definition) is 0. The Balaban J connectivity index is 1.30. The van der Waals surface area contributed by atoms with E-state index < -0.39 is 0 Å². The number of rotatable bonds is 6. The Bertz CT molecular complexity index is 1340. The van der Waals surface area contributed by atoms with Crippen molar-refractivity contribution in [3.05, 3.63) is 82.8 Å². The summed E-state index contributed by atoms with van der Waals surface area (Å²) < 4.78 is 7.72. The quantitative estimate of drug-likeness (QED) is 0.304. The molecule has 0 unspecified atom stereocenters. The molecule has 1 aliphatic heterocycles. The van der Waals surface area contributed by atoms with Crippen molar-refractivity contribution in [3.8, 4) is 17.0 Å². The zero-order chi connectivity index (χ0) is 24.4. The van der Waals surface area contributed by atoms with Crippen molar-refractivity contribution < 1.29 is 9.53 Å². The number of anilines is 1. The van der Waals surface area contributed by atoms with Crippen LogP contribution in [0.2, 0.25) is 10.0 Å². The summed E-state index contributed by atoms with van der Waals surface area (Å²) in [6.07, 6.45) is 0.432. The number of nitrogens with zero attached hydrogens (tertiary/aromatic N) is 3. The van der Waals surface area contributed by atoms with Crippen LogP contribution in [0.15, 0.2) is 72.8 Å². The average molecular weight is 508 g/mol. The Morgan fingerprint density at radius 2 is 1.60 bits per heavy atom. The van der Waals surface area contributed by atoms with Crippen molar-refractivity contribution in [2.24, 2.45) is 0 Å². The van der Waals surface area contributed by atoms with Gasteiger partial charge in [-0.05, 0) is 54.1 Å². The van der Waals surface area contributed by atoms with Crippen molar-refractivity contribution in [2.45, 2.75) is 13.0 Å². The SMILES string of the molecule is COc1ccccc1N1CCN(C(=O)CCn2c(-c3ccc(Cl)cc3)cc3cc(Cl)ccc32)CC1. The molecule has 0 spiro atoms. The minimum Gasteiger partial charge on any atom is -0.495 e. The van der Waals surface area contributed by atoms with Gasteiger partial charge in [0, 0.05) is 65.8 Å². The van der Waals surface area contributed by atoms with Gasteiger partial charge in [-0.1, -0.05) is 47.5 Å². The number of ether oxygens (including phenoxy) is 1. The third-order valence-corrected chi connectivity index (χ3v) is 7.10. The molecule has 0 radical (unpaired) electrons. The minimum atomic E-state index is 0.169. The number of hydrogen-bond acceptors (Lipinski definition) is 3. The van der Waals surface area contributed by atoms with E-state index in [9.17, 15) is 4.79 Å². The van der Waals surface area contributed by atoms with Gasteiger partial charge >= 0.3 is 0 Å². The van der Waals surface area contributed by atoms with Gasteiger partial charge in [0.2, 0.25) is 5.91 Å². The monoisotopic (exact) mass is 507 g/mol. The first-order valence-corrected chi connectivity index (χ1v) is 12.5. The number of benzene rings is 3. The number of halogens is 2. The van der Waals surface area contributed by atoms with Gasteiger partial charge in [0.15, 0.2) is 0 Å². The van der Waals surface area contributed by atoms with Gasteiger partial charge in [-0.25, -0.2) is 0 Å². The molecule has 0 aliphatic carbocycles. The van der Waals surface area contributed by atoms with Gasteiger partial charge in [-0.3, -0.25) is 4.79 Å². The summed E-state index contributed by atoms with van der Waals surface area (Å²) >= 11 is 12.4. The van der Waals surface area contributed by atoms with Gasteiger partial charge in [0.25, 0.3) is 0 Å². The molecule has 2 heterocycles. The molecule has 3 aromatic carbocycles. The summed E-state index contributed by atoms with van der Waals surface area (Å²) in [5, 5.41) is 2.45. The van der Waals surface area contributed by atoms with E-state index in [2.05, 4.69) is 21.6 Å². The number of piperazine rings is 1. The Morgan fingerprint density at radius 1 is 0.886 bits per heavy atom. The number of carbonyl (C=O) groups is 1. The van der Waals surface area contributed by atoms with Crippen molar-refractivity contribution in [1.82, 2.24) is 9.47 Å². The van der Waals surface area contributed by atoms with Crippen molar-refractivity contribution in [2.75, 3.05) is 38.2 Å². The van der Waals surface area contributed by atoms with Crippen LogP contribution in [-0.2, 0) is 11.3 Å². The molecule has 0 N–H and O–H groups in total. The molecule has 35 heavy (non-hydrogen) atoms. The molecule has 1 amide bonds. The number of para-hydroxylation sites is 2. The van der Waals surface area contributed by atoms with E-state index in [0.29, 0.717) is 36.1 Å². The molecule has 0 atom stereocenters. The molecule has 7 heteroatoms. The number of carbonyl (C=O) groups excluding carboxylic acids is 1. The van der Waals surface area contributed by atoms with Gasteiger partial charge in [-0.15, -0.1) is 0 Å². The molecule has 1 fully saturated rings. The highest BCUT2D eigenvalue weighted by Gasteiger charge is 2.23. The second kappa shape index (κ2) is 10.2. The molecular formula is C28H27Cl2N3O2. The van der Waals surface area contributed by atoms with E-state index in [1.165, 1.54) is 0 Å². The average Bonchev–Trinajstić information content (AvgIpc) is 3.25. The molecule has 4 aromatic rings. The molecule has 1 aromatic heterocycles. The number of amides is 1. The largest absolute Gasteiger partial charge is 0.495 e. The minimum absolute atomic E-state index is 0.169. The van der Waals surface area contributed by atoms with Crippen LogP contribution in [0, 0.1) is 0 Å². The number of methoxy groups -OCH3 is 1. The molecule has 180 valence electrons. The van der Waals surface area contributed by atoms with Crippen LogP contribution < -0.4 is 9.64 Å². The van der Waals surface area contributed by atoms with Gasteiger partial charge in [0.1, 0.15) is 5.75 Å². The summed E-state index contributed by atoms with van der Waals surface area (Å²) in [5.41, 5.74) is 4.24. The predicted octanol–water partition coefficient (Wildman–Crippen LogP) is 6.36. The van der Waals surface area contributed by atoms with E-state index in [0.717, 1.165) is 46.7 Å². The molecule has 0 bridgehead atoms. The fourth-order valence-corrected chi connectivity index (χ4v) is 5.10. The van der Waals surface area contributed by atoms with Crippen LogP contribution in [0.4, 0.5) is 5.69 Å². The molecular weight excluding hydrogens is 481 g/mol. The van der Waals surface area contributed by atoms with Crippen molar-refractivity contribution in [1.29, 1.82) is 0 Å². The van der Waals surface area contributed by atoms with E-state index in [1.54, 1.807) is 7.11 Å². The lowest BCUT2D eigenvalue weighted by Crippen LogP contribution is -2.49. The van der Waals surface area contributed by atoms with Crippen LogP contribution in [0.1, 0.15) is 6.42 Å². The van der Waals surface area contributed by atoms with E-state index in [1.807, 2.05) is 65.6 Å². The molecule has 5 rings (SSSR count). The Morgan fingerprint density at radius 3 is 2.34 bits per heavy atom. The summed E-state index contributed by atoms with van der Waals surface area (Å²) in [5.74, 6) is 1.03. The Hall–Kier alpha value is -3.15. The fraction of sp³-hybridized carbons (Fsp3) is 0.250. The Kier molecular flexibility index (Phi) is 6.89.